The molecular formula is C13H21BrClNS. The van der Waals surface area contributed by atoms with Crippen LogP contribution in [0.3, 0.4) is 0 Å². The lowest BCUT2D eigenvalue weighted by atomic mass is 9.87. The van der Waals surface area contributed by atoms with Crippen molar-refractivity contribution in [3.63, 3.8) is 0 Å². The van der Waals surface area contributed by atoms with Crippen LogP contribution in [0.25, 0.3) is 0 Å². The number of nitrogens with one attached hydrogen (secondary N) is 1. The summed E-state index contributed by atoms with van der Waals surface area (Å²) in [6.07, 6.45) is 1.13. The number of halogens is 2. The van der Waals surface area contributed by atoms with Crippen LogP contribution in [0.2, 0.25) is 4.34 Å². The number of rotatable bonds is 6. The van der Waals surface area contributed by atoms with Gasteiger partial charge in [0.1, 0.15) is 4.34 Å². The highest BCUT2D eigenvalue weighted by atomic mass is 79.9. The van der Waals surface area contributed by atoms with E-state index in [1.54, 1.807) is 11.3 Å². The van der Waals surface area contributed by atoms with Crippen LogP contribution in [0.1, 0.15) is 39.0 Å². The summed E-state index contributed by atoms with van der Waals surface area (Å²) in [6, 6.07) is 2.15. The number of hydrogen-bond acceptors (Lipinski definition) is 2. The molecule has 1 nitrogen and oxygen atoms in total. The molecule has 98 valence electrons. The minimum absolute atomic E-state index is 0.185. The van der Waals surface area contributed by atoms with E-state index in [9.17, 15) is 0 Å². The van der Waals surface area contributed by atoms with E-state index < -0.39 is 0 Å². The van der Waals surface area contributed by atoms with Crippen LogP contribution in [-0.2, 0) is 5.41 Å². The van der Waals surface area contributed by atoms with E-state index in [4.69, 9.17) is 11.6 Å². The number of thiophene rings is 1. The lowest BCUT2D eigenvalue weighted by Crippen LogP contribution is -2.27. The van der Waals surface area contributed by atoms with Gasteiger partial charge in [-0.1, -0.05) is 39.3 Å². The first-order valence-electron chi connectivity index (χ1n) is 5.99. The van der Waals surface area contributed by atoms with Gasteiger partial charge in [0.2, 0.25) is 0 Å². The molecule has 0 bridgehead atoms. The van der Waals surface area contributed by atoms with Crippen molar-refractivity contribution >= 4 is 38.9 Å². The maximum Gasteiger partial charge on any atom is 0.107 e. The van der Waals surface area contributed by atoms with Gasteiger partial charge in [-0.25, -0.2) is 0 Å². The van der Waals surface area contributed by atoms with Crippen molar-refractivity contribution < 1.29 is 0 Å². The Labute approximate surface area is 122 Å². The van der Waals surface area contributed by atoms with Gasteiger partial charge >= 0.3 is 0 Å². The van der Waals surface area contributed by atoms with Crippen molar-refractivity contribution in [1.82, 2.24) is 5.32 Å². The van der Waals surface area contributed by atoms with Gasteiger partial charge in [-0.2, -0.15) is 0 Å². The summed E-state index contributed by atoms with van der Waals surface area (Å²) in [4.78, 5) is 1.35. The minimum atomic E-state index is 0.185. The average Bonchev–Trinajstić information content (AvgIpc) is 2.55. The predicted octanol–water partition coefficient (Wildman–Crippen LogP) is 5.08. The largest absolute Gasteiger partial charge is 0.316 e. The Bertz CT molecular complexity index is 341. The molecule has 1 aromatic rings. The molecule has 1 N–H and O–H groups in total. The Kier molecular flexibility index (Phi) is 5.97. The van der Waals surface area contributed by atoms with Crippen LogP contribution in [0, 0.1) is 5.92 Å². The third-order valence-corrected chi connectivity index (χ3v) is 5.63. The molecule has 17 heavy (non-hydrogen) atoms. The lowest BCUT2D eigenvalue weighted by molar-refractivity contribution is 0.448. The van der Waals surface area contributed by atoms with E-state index in [1.807, 2.05) is 0 Å². The summed E-state index contributed by atoms with van der Waals surface area (Å²) in [5, 5.41) is 3.49. The third kappa shape index (κ3) is 4.90. The highest BCUT2D eigenvalue weighted by Crippen LogP contribution is 2.39. The van der Waals surface area contributed by atoms with E-state index in [0.717, 1.165) is 28.3 Å². The van der Waals surface area contributed by atoms with Crippen LogP contribution < -0.4 is 5.32 Å². The molecule has 1 rings (SSSR count). The van der Waals surface area contributed by atoms with E-state index in [-0.39, 0.29) is 5.41 Å². The molecule has 1 aromatic heterocycles. The van der Waals surface area contributed by atoms with Crippen molar-refractivity contribution in [1.29, 1.82) is 0 Å². The SMILES string of the molecule is CC(C)CNCCC(C)(C)c1cc(Br)c(Cl)s1. The van der Waals surface area contributed by atoms with Crippen molar-refractivity contribution in [2.45, 2.75) is 39.5 Å². The molecule has 0 saturated carbocycles. The van der Waals surface area contributed by atoms with E-state index in [2.05, 4.69) is 55.0 Å². The van der Waals surface area contributed by atoms with E-state index in [1.165, 1.54) is 4.88 Å². The van der Waals surface area contributed by atoms with Crippen molar-refractivity contribution in [3.05, 3.63) is 19.8 Å². The fraction of sp³-hybridized carbons (Fsp3) is 0.692. The summed E-state index contributed by atoms with van der Waals surface area (Å²) in [5.74, 6) is 0.712. The molecule has 0 saturated heterocycles. The molecular weight excluding hydrogens is 318 g/mol. The predicted molar refractivity (Wildman–Crippen MR) is 82.4 cm³/mol. The second kappa shape index (κ2) is 6.55. The smallest absolute Gasteiger partial charge is 0.107 e. The molecule has 1 heterocycles. The summed E-state index contributed by atoms with van der Waals surface area (Å²) < 4.78 is 1.87. The summed E-state index contributed by atoms with van der Waals surface area (Å²) in [7, 11) is 0. The maximum atomic E-state index is 6.09. The molecule has 0 aliphatic heterocycles. The van der Waals surface area contributed by atoms with Gasteiger partial charge in [0, 0.05) is 14.8 Å². The fourth-order valence-corrected chi connectivity index (χ4v) is 3.43. The van der Waals surface area contributed by atoms with Crippen molar-refractivity contribution in [2.75, 3.05) is 13.1 Å². The van der Waals surface area contributed by atoms with Gasteiger partial charge in [-0.05, 0) is 47.4 Å². The van der Waals surface area contributed by atoms with Crippen LogP contribution in [0.5, 0.6) is 0 Å². The Morgan fingerprint density at radius 1 is 1.47 bits per heavy atom. The van der Waals surface area contributed by atoms with Crippen LogP contribution in [-0.4, -0.2) is 13.1 Å². The molecule has 0 unspecified atom stereocenters. The number of hydrogen-bond donors (Lipinski definition) is 1. The van der Waals surface area contributed by atoms with Crippen LogP contribution >= 0.6 is 38.9 Å². The normalized spacial score (nSPS) is 12.4. The Morgan fingerprint density at radius 2 is 2.12 bits per heavy atom. The highest BCUT2D eigenvalue weighted by Gasteiger charge is 2.23. The topological polar surface area (TPSA) is 12.0 Å². The first-order valence-corrected chi connectivity index (χ1v) is 7.97. The average molecular weight is 339 g/mol. The molecule has 0 aliphatic carbocycles. The zero-order valence-corrected chi connectivity index (χ0v) is 14.1. The molecule has 0 atom stereocenters. The van der Waals surface area contributed by atoms with E-state index in [0.29, 0.717) is 5.92 Å². The first kappa shape index (κ1) is 15.5. The summed E-state index contributed by atoms with van der Waals surface area (Å²) in [6.45, 7) is 11.2. The van der Waals surface area contributed by atoms with Crippen LogP contribution in [0.15, 0.2) is 10.5 Å². The Hall–Kier alpha value is 0.430. The maximum absolute atomic E-state index is 6.09. The fourth-order valence-electron chi connectivity index (χ4n) is 1.59. The minimum Gasteiger partial charge on any atom is -0.316 e. The van der Waals surface area contributed by atoms with Gasteiger partial charge in [0.05, 0.1) is 0 Å². The zero-order chi connectivity index (χ0) is 13.1. The monoisotopic (exact) mass is 337 g/mol. The molecule has 0 spiro atoms. The second-order valence-corrected chi connectivity index (χ2v) is 7.97. The van der Waals surface area contributed by atoms with Crippen LogP contribution in [0.4, 0.5) is 0 Å². The Morgan fingerprint density at radius 3 is 2.59 bits per heavy atom. The molecule has 4 heteroatoms. The molecule has 0 aliphatic rings. The molecule has 0 amide bonds. The molecule has 0 aromatic carbocycles. The summed E-state index contributed by atoms with van der Waals surface area (Å²) in [5.41, 5.74) is 0.185. The Balaban J connectivity index is 2.50. The van der Waals surface area contributed by atoms with Gasteiger partial charge in [-0.3, -0.25) is 0 Å². The summed E-state index contributed by atoms with van der Waals surface area (Å²) >= 11 is 11.2. The molecule has 0 fully saturated rings. The first-order chi connectivity index (χ1) is 7.83. The van der Waals surface area contributed by atoms with Gasteiger partial charge in [0.25, 0.3) is 0 Å². The van der Waals surface area contributed by atoms with Gasteiger partial charge in [0.15, 0.2) is 0 Å². The van der Waals surface area contributed by atoms with Gasteiger partial charge < -0.3 is 5.32 Å². The third-order valence-electron chi connectivity index (χ3n) is 2.79. The van der Waals surface area contributed by atoms with Crippen molar-refractivity contribution in [3.8, 4) is 0 Å². The lowest BCUT2D eigenvalue weighted by Gasteiger charge is -2.23. The zero-order valence-electron chi connectivity index (χ0n) is 10.9. The molecule has 0 radical (unpaired) electrons. The van der Waals surface area contributed by atoms with E-state index >= 15 is 0 Å². The quantitative estimate of drug-likeness (QED) is 0.713. The van der Waals surface area contributed by atoms with Gasteiger partial charge in [-0.15, -0.1) is 11.3 Å². The highest BCUT2D eigenvalue weighted by molar-refractivity contribution is 9.10. The second-order valence-electron chi connectivity index (χ2n) is 5.46. The van der Waals surface area contributed by atoms with Crippen molar-refractivity contribution in [2.24, 2.45) is 5.92 Å². The standard InChI is InChI=1S/C13H21BrClNS/c1-9(2)8-16-6-5-13(3,4)11-7-10(14)12(15)17-11/h7,9,16H,5-6,8H2,1-4H3.